The molecule has 0 unspecified atom stereocenters. The van der Waals surface area contributed by atoms with Gasteiger partial charge in [0.15, 0.2) is 0 Å². The van der Waals surface area contributed by atoms with Crippen molar-refractivity contribution in [1.29, 1.82) is 0 Å². The van der Waals surface area contributed by atoms with E-state index in [2.05, 4.69) is 46.0 Å². The molecule has 1 aromatic heterocycles. The second kappa shape index (κ2) is 10.1. The Balaban J connectivity index is 1.77. The van der Waals surface area contributed by atoms with Crippen LogP contribution in [0.3, 0.4) is 0 Å². The molecule has 29 heavy (non-hydrogen) atoms. The number of benzene rings is 2. The minimum atomic E-state index is 0.270. The molecule has 7 nitrogen and oxygen atoms in total. The predicted octanol–water partition coefficient (Wildman–Crippen LogP) is 4.77. The van der Waals surface area contributed by atoms with Gasteiger partial charge in [0.25, 0.3) is 0 Å². The van der Waals surface area contributed by atoms with Crippen LogP contribution in [-0.4, -0.2) is 34.6 Å². The lowest BCUT2D eigenvalue weighted by Crippen LogP contribution is -2.25. The fourth-order valence-corrected chi connectivity index (χ4v) is 2.70. The number of rotatable bonds is 10. The highest BCUT2D eigenvalue weighted by atomic mass is 16.5. The number of aromatic nitrogens is 3. The van der Waals surface area contributed by atoms with Crippen molar-refractivity contribution in [2.75, 3.05) is 35.2 Å². The van der Waals surface area contributed by atoms with E-state index in [9.17, 15) is 0 Å². The van der Waals surface area contributed by atoms with Crippen LogP contribution in [0.15, 0.2) is 67.3 Å². The van der Waals surface area contributed by atoms with Crippen LogP contribution in [0.5, 0.6) is 6.01 Å². The average molecular weight is 390 g/mol. The molecule has 150 valence electrons. The second-order valence-electron chi connectivity index (χ2n) is 6.21. The topological polar surface area (TPSA) is 75.2 Å². The Hall–Kier alpha value is -3.61. The van der Waals surface area contributed by atoms with Crippen LogP contribution in [0, 0.1) is 0 Å². The predicted molar refractivity (Wildman–Crippen MR) is 119 cm³/mol. The van der Waals surface area contributed by atoms with E-state index in [-0.39, 0.29) is 6.01 Å². The highest BCUT2D eigenvalue weighted by molar-refractivity contribution is 5.64. The number of ether oxygens (including phenoxy) is 1. The summed E-state index contributed by atoms with van der Waals surface area (Å²) in [6, 6.07) is 18.2. The number of para-hydroxylation sites is 1. The summed E-state index contributed by atoms with van der Waals surface area (Å²) < 4.78 is 5.54. The normalized spacial score (nSPS) is 10.3. The Morgan fingerprint density at radius 3 is 2.10 bits per heavy atom. The van der Waals surface area contributed by atoms with Gasteiger partial charge < -0.3 is 20.3 Å². The van der Waals surface area contributed by atoms with Crippen molar-refractivity contribution in [3.05, 3.63) is 67.3 Å². The van der Waals surface area contributed by atoms with Gasteiger partial charge in [0.1, 0.15) is 6.61 Å². The summed E-state index contributed by atoms with van der Waals surface area (Å²) in [5.41, 5.74) is 2.91. The molecule has 0 aliphatic carbocycles. The molecule has 0 fully saturated rings. The molecular weight excluding hydrogens is 364 g/mol. The Morgan fingerprint density at radius 1 is 0.862 bits per heavy atom. The van der Waals surface area contributed by atoms with Crippen molar-refractivity contribution in [3.8, 4) is 6.01 Å². The van der Waals surface area contributed by atoms with Crippen LogP contribution in [0.25, 0.3) is 0 Å². The Bertz CT molecular complexity index is 910. The molecule has 0 radical (unpaired) electrons. The molecule has 0 amide bonds. The summed E-state index contributed by atoms with van der Waals surface area (Å²) in [7, 11) is 0. The van der Waals surface area contributed by atoms with Crippen molar-refractivity contribution in [3.63, 3.8) is 0 Å². The minimum Gasteiger partial charge on any atom is -0.459 e. The van der Waals surface area contributed by atoms with Crippen molar-refractivity contribution >= 4 is 29.0 Å². The average Bonchev–Trinajstić information content (AvgIpc) is 2.75. The van der Waals surface area contributed by atoms with Crippen molar-refractivity contribution < 1.29 is 4.74 Å². The summed E-state index contributed by atoms with van der Waals surface area (Å²) in [5, 5.41) is 6.59. The van der Waals surface area contributed by atoms with Gasteiger partial charge in [-0.15, -0.1) is 0 Å². The van der Waals surface area contributed by atoms with Gasteiger partial charge in [-0.2, -0.15) is 15.0 Å². The molecule has 0 aliphatic heterocycles. The lowest BCUT2D eigenvalue weighted by atomic mass is 10.2. The zero-order valence-corrected chi connectivity index (χ0v) is 16.8. The van der Waals surface area contributed by atoms with Gasteiger partial charge in [0, 0.05) is 30.2 Å². The third kappa shape index (κ3) is 5.68. The van der Waals surface area contributed by atoms with Gasteiger partial charge in [0.05, 0.1) is 0 Å². The number of nitrogens with one attached hydrogen (secondary N) is 2. The molecule has 0 spiro atoms. The van der Waals surface area contributed by atoms with E-state index in [1.54, 1.807) is 6.08 Å². The lowest BCUT2D eigenvalue weighted by Gasteiger charge is -2.19. The van der Waals surface area contributed by atoms with Gasteiger partial charge in [-0.05, 0) is 50.2 Å². The Morgan fingerprint density at radius 2 is 1.48 bits per heavy atom. The van der Waals surface area contributed by atoms with E-state index in [1.165, 1.54) is 0 Å². The zero-order valence-electron chi connectivity index (χ0n) is 16.8. The number of hydrogen-bond acceptors (Lipinski definition) is 7. The highest BCUT2D eigenvalue weighted by Gasteiger charge is 2.12. The van der Waals surface area contributed by atoms with Gasteiger partial charge in [-0.1, -0.05) is 30.9 Å². The third-order valence-electron chi connectivity index (χ3n) is 4.18. The number of nitrogens with zero attached hydrogens (tertiary/aromatic N) is 4. The Kier molecular flexibility index (Phi) is 7.00. The molecule has 0 saturated heterocycles. The third-order valence-corrected chi connectivity index (χ3v) is 4.18. The molecular formula is C22H26N6O. The molecule has 0 bridgehead atoms. The standard InChI is InChI=1S/C22H26N6O/c1-4-16-29-22-26-20(25-21(27-22)28(5-2)6-3)24-19-14-12-18(13-15-19)23-17-10-8-7-9-11-17/h4,7-15,23H,1,5-6,16H2,2-3H3,(H,24,25,26,27). The molecule has 3 rings (SSSR count). The molecule has 0 saturated carbocycles. The smallest absolute Gasteiger partial charge is 0.323 e. The first-order valence-electron chi connectivity index (χ1n) is 9.65. The molecule has 0 aliphatic rings. The van der Waals surface area contributed by atoms with Crippen LogP contribution >= 0.6 is 0 Å². The quantitative estimate of drug-likeness (QED) is 0.483. The summed E-state index contributed by atoms with van der Waals surface area (Å²) in [5.74, 6) is 1.01. The van der Waals surface area contributed by atoms with Crippen molar-refractivity contribution in [2.24, 2.45) is 0 Å². The van der Waals surface area contributed by atoms with Gasteiger partial charge >= 0.3 is 6.01 Å². The fourth-order valence-electron chi connectivity index (χ4n) is 2.70. The van der Waals surface area contributed by atoms with Crippen LogP contribution in [0.4, 0.5) is 29.0 Å². The maximum absolute atomic E-state index is 5.54. The molecule has 1 heterocycles. The van der Waals surface area contributed by atoms with Crippen molar-refractivity contribution in [1.82, 2.24) is 15.0 Å². The molecule has 3 aromatic rings. The minimum absolute atomic E-state index is 0.270. The second-order valence-corrected chi connectivity index (χ2v) is 6.21. The summed E-state index contributed by atoms with van der Waals surface area (Å²) >= 11 is 0. The first-order chi connectivity index (χ1) is 14.2. The molecule has 0 atom stereocenters. The largest absolute Gasteiger partial charge is 0.459 e. The van der Waals surface area contributed by atoms with E-state index in [0.717, 1.165) is 30.2 Å². The maximum Gasteiger partial charge on any atom is 0.323 e. The zero-order chi connectivity index (χ0) is 20.5. The van der Waals surface area contributed by atoms with Gasteiger partial charge in [-0.25, -0.2) is 0 Å². The molecule has 2 aromatic carbocycles. The molecule has 7 heteroatoms. The number of hydrogen-bond donors (Lipinski definition) is 2. The molecule has 2 N–H and O–H groups in total. The first kappa shape index (κ1) is 20.1. The van der Waals surface area contributed by atoms with Gasteiger partial charge in [0.2, 0.25) is 11.9 Å². The summed E-state index contributed by atoms with van der Waals surface area (Å²) in [4.78, 5) is 15.3. The monoisotopic (exact) mass is 390 g/mol. The fraction of sp³-hybridized carbons (Fsp3) is 0.227. The summed E-state index contributed by atoms with van der Waals surface area (Å²) in [6.45, 7) is 9.70. The van der Waals surface area contributed by atoms with Crippen LogP contribution in [0.1, 0.15) is 13.8 Å². The Labute approximate surface area is 171 Å². The first-order valence-corrected chi connectivity index (χ1v) is 9.65. The summed E-state index contributed by atoms with van der Waals surface area (Å²) in [6.07, 6.45) is 1.66. The van der Waals surface area contributed by atoms with Crippen LogP contribution in [-0.2, 0) is 0 Å². The maximum atomic E-state index is 5.54. The van der Waals surface area contributed by atoms with Crippen LogP contribution < -0.4 is 20.3 Å². The SMILES string of the molecule is C=CCOc1nc(Nc2ccc(Nc3ccccc3)cc2)nc(N(CC)CC)n1. The van der Waals surface area contributed by atoms with E-state index in [1.807, 2.05) is 59.5 Å². The van der Waals surface area contributed by atoms with E-state index in [0.29, 0.717) is 18.5 Å². The van der Waals surface area contributed by atoms with E-state index < -0.39 is 0 Å². The van der Waals surface area contributed by atoms with E-state index >= 15 is 0 Å². The van der Waals surface area contributed by atoms with Gasteiger partial charge in [-0.3, -0.25) is 0 Å². The van der Waals surface area contributed by atoms with E-state index in [4.69, 9.17) is 4.74 Å². The van der Waals surface area contributed by atoms with Crippen LogP contribution in [0.2, 0.25) is 0 Å². The lowest BCUT2D eigenvalue weighted by molar-refractivity contribution is 0.332. The van der Waals surface area contributed by atoms with Crippen molar-refractivity contribution in [2.45, 2.75) is 13.8 Å². The number of anilines is 5. The highest BCUT2D eigenvalue weighted by Crippen LogP contribution is 2.22.